The summed E-state index contributed by atoms with van der Waals surface area (Å²) in [5, 5.41) is 0. The zero-order chi connectivity index (χ0) is 21.9. The second-order valence-electron chi connectivity index (χ2n) is 9.35. The zero-order valence-corrected chi connectivity index (χ0v) is 18.6. The van der Waals surface area contributed by atoms with Gasteiger partial charge in [-0.25, -0.2) is 0 Å². The summed E-state index contributed by atoms with van der Waals surface area (Å²) in [6.45, 7) is 2.22. The molecule has 2 aliphatic carbocycles. The van der Waals surface area contributed by atoms with Crippen molar-refractivity contribution in [3.63, 3.8) is 0 Å². The molecule has 0 N–H and O–H groups in total. The van der Waals surface area contributed by atoms with Crippen LogP contribution < -0.4 is 0 Å². The van der Waals surface area contributed by atoms with Gasteiger partial charge < -0.3 is 0 Å². The Morgan fingerprint density at radius 1 is 0.364 bits per heavy atom. The van der Waals surface area contributed by atoms with Crippen molar-refractivity contribution in [1.29, 1.82) is 0 Å². The summed E-state index contributed by atoms with van der Waals surface area (Å²) in [6.07, 6.45) is 0. The van der Waals surface area contributed by atoms with Crippen LogP contribution in [0, 0.1) is 6.92 Å². The second kappa shape index (κ2) is 7.05. The van der Waals surface area contributed by atoms with Gasteiger partial charge >= 0.3 is 0 Å². The predicted octanol–water partition coefficient (Wildman–Crippen LogP) is 8.32. The normalized spacial score (nSPS) is 14.0. The molecule has 0 atom stereocenters. The van der Waals surface area contributed by atoms with E-state index in [1.165, 1.54) is 61.2 Å². The van der Waals surface area contributed by atoms with Crippen LogP contribution in [0.3, 0.4) is 0 Å². The summed E-state index contributed by atoms with van der Waals surface area (Å²) in [5.74, 6) is 0.514. The van der Waals surface area contributed by atoms with Crippen LogP contribution in [-0.4, -0.2) is 0 Å². The Balaban J connectivity index is 1.52. The van der Waals surface area contributed by atoms with Crippen molar-refractivity contribution in [3.05, 3.63) is 154 Å². The minimum Gasteiger partial charge on any atom is -0.0619 e. The number of benzene rings is 5. The minimum absolute atomic E-state index is 0.257. The summed E-state index contributed by atoms with van der Waals surface area (Å²) in [7, 11) is 0. The lowest BCUT2D eigenvalue weighted by atomic mass is 9.79. The third-order valence-corrected chi connectivity index (χ3v) is 7.53. The quantitative estimate of drug-likeness (QED) is 0.264. The van der Waals surface area contributed by atoms with Gasteiger partial charge in [0.2, 0.25) is 0 Å². The Bertz CT molecular complexity index is 1450. The third-order valence-electron chi connectivity index (χ3n) is 7.53. The van der Waals surface area contributed by atoms with Crippen LogP contribution in [0.5, 0.6) is 0 Å². The van der Waals surface area contributed by atoms with Gasteiger partial charge in [-0.05, 0) is 62.6 Å². The topological polar surface area (TPSA) is 0 Å². The maximum absolute atomic E-state index is 2.43. The molecule has 0 aromatic heterocycles. The molecule has 0 bridgehead atoms. The van der Waals surface area contributed by atoms with Gasteiger partial charge in [0, 0.05) is 11.8 Å². The molecule has 0 radical (unpaired) electrons. The van der Waals surface area contributed by atoms with E-state index < -0.39 is 0 Å². The first-order chi connectivity index (χ1) is 16.3. The van der Waals surface area contributed by atoms with Crippen LogP contribution in [0.4, 0.5) is 0 Å². The summed E-state index contributed by atoms with van der Waals surface area (Å²) < 4.78 is 0. The number of fused-ring (bicyclic) bond motifs is 6. The van der Waals surface area contributed by atoms with E-state index in [4.69, 9.17) is 0 Å². The Hall–Kier alpha value is -3.90. The summed E-state index contributed by atoms with van der Waals surface area (Å²) in [5.41, 5.74) is 15.3. The van der Waals surface area contributed by atoms with Gasteiger partial charge in [-0.2, -0.15) is 0 Å². The maximum atomic E-state index is 2.43. The summed E-state index contributed by atoms with van der Waals surface area (Å²) in [6, 6.07) is 42.9. The van der Waals surface area contributed by atoms with E-state index in [-0.39, 0.29) is 11.8 Å². The van der Waals surface area contributed by atoms with E-state index in [2.05, 4.69) is 122 Å². The molecule has 0 heterocycles. The van der Waals surface area contributed by atoms with Gasteiger partial charge in [0.05, 0.1) is 0 Å². The van der Waals surface area contributed by atoms with Crippen molar-refractivity contribution in [2.24, 2.45) is 0 Å². The fraction of sp³-hybridized carbons (Fsp3) is 0.0909. The molecule has 33 heavy (non-hydrogen) atoms. The molecule has 2 aliphatic rings. The molecular formula is C33H24. The van der Waals surface area contributed by atoms with Crippen LogP contribution in [0.25, 0.3) is 22.3 Å². The highest BCUT2D eigenvalue weighted by atomic mass is 14.4. The fourth-order valence-electron chi connectivity index (χ4n) is 6.19. The van der Waals surface area contributed by atoms with E-state index in [1.54, 1.807) is 0 Å². The van der Waals surface area contributed by atoms with Crippen molar-refractivity contribution in [2.45, 2.75) is 18.8 Å². The number of hydrogen-bond donors (Lipinski definition) is 0. The van der Waals surface area contributed by atoms with Crippen molar-refractivity contribution >= 4 is 0 Å². The molecule has 156 valence electrons. The van der Waals surface area contributed by atoms with E-state index in [1.807, 2.05) is 0 Å². The minimum atomic E-state index is 0.257. The molecule has 0 fully saturated rings. The Morgan fingerprint density at radius 3 is 1.15 bits per heavy atom. The van der Waals surface area contributed by atoms with Gasteiger partial charge in [-0.1, -0.05) is 121 Å². The van der Waals surface area contributed by atoms with Crippen molar-refractivity contribution in [2.75, 3.05) is 0 Å². The summed E-state index contributed by atoms with van der Waals surface area (Å²) in [4.78, 5) is 0. The average molecular weight is 421 g/mol. The van der Waals surface area contributed by atoms with Crippen LogP contribution in [0.15, 0.2) is 115 Å². The smallest absolute Gasteiger partial charge is 0.0355 e. The van der Waals surface area contributed by atoms with Crippen LogP contribution >= 0.6 is 0 Å². The first-order valence-electron chi connectivity index (χ1n) is 11.8. The molecule has 0 nitrogen and oxygen atoms in total. The monoisotopic (exact) mass is 420 g/mol. The van der Waals surface area contributed by atoms with E-state index >= 15 is 0 Å². The first-order valence-corrected chi connectivity index (χ1v) is 11.8. The lowest BCUT2D eigenvalue weighted by molar-refractivity contribution is 0.922. The van der Waals surface area contributed by atoms with Crippen LogP contribution in [-0.2, 0) is 0 Å². The molecule has 0 saturated carbocycles. The van der Waals surface area contributed by atoms with Gasteiger partial charge in [0.15, 0.2) is 0 Å². The van der Waals surface area contributed by atoms with E-state index in [0.717, 1.165) is 0 Å². The van der Waals surface area contributed by atoms with E-state index in [9.17, 15) is 0 Å². The largest absolute Gasteiger partial charge is 0.0619 e. The van der Waals surface area contributed by atoms with Crippen molar-refractivity contribution < 1.29 is 0 Å². The maximum Gasteiger partial charge on any atom is 0.0355 e. The Labute approximate surface area is 195 Å². The molecule has 7 rings (SSSR count). The second-order valence-corrected chi connectivity index (χ2v) is 9.35. The molecule has 5 aromatic carbocycles. The lowest BCUT2D eigenvalue weighted by Gasteiger charge is -2.24. The SMILES string of the molecule is Cc1ccc(C2c3ccccc3-c3ccccc32)c(C2c3ccccc3-c3ccccc32)c1. The molecule has 0 amide bonds. The molecule has 0 spiro atoms. The Kier molecular flexibility index (Phi) is 3.98. The third kappa shape index (κ3) is 2.64. The van der Waals surface area contributed by atoms with Crippen molar-refractivity contribution in [3.8, 4) is 22.3 Å². The van der Waals surface area contributed by atoms with Gasteiger partial charge in [-0.3, -0.25) is 0 Å². The van der Waals surface area contributed by atoms with E-state index in [0.29, 0.717) is 0 Å². The highest BCUT2D eigenvalue weighted by Gasteiger charge is 2.35. The molecule has 0 aliphatic heterocycles. The first kappa shape index (κ1) is 18.7. The standard InChI is InChI=1S/C33H24/c1-21-18-19-30(32-26-14-6-2-10-22(26)23-11-3-7-15-27(23)32)31(20-21)33-28-16-8-4-12-24(28)25-13-5-9-17-29(25)33/h2-20,32-33H,1H3. The van der Waals surface area contributed by atoms with Crippen LogP contribution in [0.1, 0.15) is 50.8 Å². The van der Waals surface area contributed by atoms with Crippen LogP contribution in [0.2, 0.25) is 0 Å². The number of aryl methyl sites for hydroxylation is 1. The highest BCUT2D eigenvalue weighted by molar-refractivity contribution is 5.83. The Morgan fingerprint density at radius 2 is 0.727 bits per heavy atom. The number of rotatable bonds is 2. The summed E-state index contributed by atoms with van der Waals surface area (Å²) >= 11 is 0. The number of hydrogen-bond acceptors (Lipinski definition) is 0. The average Bonchev–Trinajstić information content (AvgIpc) is 3.37. The molecule has 0 saturated heterocycles. The molecule has 0 heteroatoms. The van der Waals surface area contributed by atoms with Crippen molar-refractivity contribution in [1.82, 2.24) is 0 Å². The predicted molar refractivity (Wildman–Crippen MR) is 137 cm³/mol. The van der Waals surface area contributed by atoms with Gasteiger partial charge in [0.25, 0.3) is 0 Å². The fourth-order valence-corrected chi connectivity index (χ4v) is 6.19. The molecular weight excluding hydrogens is 396 g/mol. The van der Waals surface area contributed by atoms with Gasteiger partial charge in [0.1, 0.15) is 0 Å². The van der Waals surface area contributed by atoms with Gasteiger partial charge in [-0.15, -0.1) is 0 Å². The zero-order valence-electron chi connectivity index (χ0n) is 18.6. The highest BCUT2D eigenvalue weighted by Crippen LogP contribution is 2.53. The molecule has 0 unspecified atom stereocenters. The lowest BCUT2D eigenvalue weighted by Crippen LogP contribution is -2.09. The molecule has 5 aromatic rings.